The normalized spacial score (nSPS) is 10.8. The largest absolute Gasteiger partial charge is 0.496 e. The summed E-state index contributed by atoms with van der Waals surface area (Å²) in [6, 6.07) is 16.2. The van der Waals surface area contributed by atoms with Gasteiger partial charge in [-0.15, -0.1) is 0 Å². The van der Waals surface area contributed by atoms with Gasteiger partial charge in [-0.25, -0.2) is 0 Å². The molecule has 3 rings (SSSR count). The Hall–Kier alpha value is -2.75. The zero-order valence-corrected chi connectivity index (χ0v) is 14.0. The van der Waals surface area contributed by atoms with Crippen LogP contribution in [0.15, 0.2) is 54.7 Å². The molecule has 1 heterocycles. The monoisotopic (exact) mass is 323 g/mol. The number of fused-ring (bicyclic) bond motifs is 1. The van der Waals surface area contributed by atoms with Crippen LogP contribution in [0.4, 0.5) is 0 Å². The number of aromatic nitrogens is 1. The van der Waals surface area contributed by atoms with Gasteiger partial charge in [0.2, 0.25) is 0 Å². The summed E-state index contributed by atoms with van der Waals surface area (Å²) in [5.41, 5.74) is 3.19. The number of benzene rings is 2. The summed E-state index contributed by atoms with van der Waals surface area (Å²) in [6.07, 6.45) is 2.27. The first kappa shape index (κ1) is 16.1. The molecule has 3 aromatic rings. The van der Waals surface area contributed by atoms with Crippen molar-refractivity contribution in [3.8, 4) is 5.75 Å². The minimum Gasteiger partial charge on any atom is -0.496 e. The van der Waals surface area contributed by atoms with E-state index in [0.29, 0.717) is 6.61 Å². The Kier molecular flexibility index (Phi) is 4.85. The molecular formula is C20H21NO3. The molecule has 0 amide bonds. The Morgan fingerprint density at radius 2 is 1.88 bits per heavy atom. The Bertz CT molecular complexity index is 837. The van der Waals surface area contributed by atoms with Crippen LogP contribution in [0.2, 0.25) is 0 Å². The Morgan fingerprint density at radius 3 is 2.58 bits per heavy atom. The van der Waals surface area contributed by atoms with Crippen LogP contribution in [-0.4, -0.2) is 24.3 Å². The number of carbonyl (C=O) groups is 1. The molecular weight excluding hydrogens is 302 g/mol. The highest BCUT2D eigenvalue weighted by Gasteiger charge is 2.16. The third-order valence-corrected chi connectivity index (χ3v) is 4.00. The quantitative estimate of drug-likeness (QED) is 0.648. The van der Waals surface area contributed by atoms with Crippen molar-refractivity contribution in [1.29, 1.82) is 0 Å². The highest BCUT2D eigenvalue weighted by Crippen LogP contribution is 2.31. The van der Waals surface area contributed by atoms with Crippen molar-refractivity contribution in [3.63, 3.8) is 0 Å². The summed E-state index contributed by atoms with van der Waals surface area (Å²) in [5.74, 6) is 0.556. The molecule has 0 saturated carbocycles. The summed E-state index contributed by atoms with van der Waals surface area (Å²) in [6.45, 7) is 2.95. The first-order valence-corrected chi connectivity index (χ1v) is 8.07. The highest BCUT2D eigenvalue weighted by molar-refractivity contribution is 5.92. The van der Waals surface area contributed by atoms with Gasteiger partial charge in [0.15, 0.2) is 0 Å². The van der Waals surface area contributed by atoms with Gasteiger partial charge in [0, 0.05) is 18.1 Å². The summed E-state index contributed by atoms with van der Waals surface area (Å²) >= 11 is 0. The number of hydrogen-bond donors (Lipinski definition) is 0. The second-order valence-corrected chi connectivity index (χ2v) is 5.60. The van der Waals surface area contributed by atoms with Crippen molar-refractivity contribution >= 4 is 16.9 Å². The van der Waals surface area contributed by atoms with E-state index in [2.05, 4.69) is 22.8 Å². The fraction of sp³-hybridized carbons (Fsp3) is 0.250. The average Bonchev–Trinajstić information content (AvgIpc) is 2.93. The molecule has 1 aromatic heterocycles. The predicted molar refractivity (Wildman–Crippen MR) is 94.4 cm³/mol. The standard InChI is InChI=1S/C20H21NO3/c1-3-24-19(22)12-16-14-21(13-15-8-5-4-6-9-15)17-10-7-11-18(23-2)20(16)17/h4-11,14H,3,12-13H2,1-2H3. The lowest BCUT2D eigenvalue weighted by atomic mass is 10.1. The van der Waals surface area contributed by atoms with E-state index in [4.69, 9.17) is 9.47 Å². The van der Waals surface area contributed by atoms with Gasteiger partial charge in [0.05, 0.1) is 25.7 Å². The molecule has 0 radical (unpaired) electrons. The summed E-state index contributed by atoms with van der Waals surface area (Å²) in [5, 5.41) is 0.976. The van der Waals surface area contributed by atoms with E-state index in [-0.39, 0.29) is 12.4 Å². The van der Waals surface area contributed by atoms with Crippen LogP contribution in [0.25, 0.3) is 10.9 Å². The number of nitrogens with zero attached hydrogens (tertiary/aromatic N) is 1. The second-order valence-electron chi connectivity index (χ2n) is 5.60. The fourth-order valence-corrected chi connectivity index (χ4v) is 2.99. The Balaban J connectivity index is 2.05. The van der Waals surface area contributed by atoms with E-state index >= 15 is 0 Å². The van der Waals surface area contributed by atoms with Gasteiger partial charge >= 0.3 is 5.97 Å². The van der Waals surface area contributed by atoms with Gasteiger partial charge in [0.1, 0.15) is 5.75 Å². The zero-order chi connectivity index (χ0) is 16.9. The highest BCUT2D eigenvalue weighted by atomic mass is 16.5. The second kappa shape index (κ2) is 7.21. The van der Waals surface area contributed by atoms with Gasteiger partial charge in [-0.3, -0.25) is 4.79 Å². The van der Waals surface area contributed by atoms with Crippen molar-refractivity contribution < 1.29 is 14.3 Å². The van der Waals surface area contributed by atoms with Crippen LogP contribution in [0, 0.1) is 0 Å². The molecule has 0 bridgehead atoms. The molecule has 0 spiro atoms. The first-order valence-electron chi connectivity index (χ1n) is 8.07. The van der Waals surface area contributed by atoms with Crippen LogP contribution in [0.3, 0.4) is 0 Å². The minimum atomic E-state index is -0.220. The fourth-order valence-electron chi connectivity index (χ4n) is 2.99. The molecule has 2 aromatic carbocycles. The molecule has 0 aliphatic heterocycles. The minimum absolute atomic E-state index is 0.220. The third kappa shape index (κ3) is 3.27. The molecule has 0 aliphatic rings. The molecule has 0 atom stereocenters. The van der Waals surface area contributed by atoms with Crippen LogP contribution in [-0.2, 0) is 22.5 Å². The molecule has 124 valence electrons. The van der Waals surface area contributed by atoms with Crippen molar-refractivity contribution in [2.45, 2.75) is 19.9 Å². The Labute approximate surface area is 141 Å². The summed E-state index contributed by atoms with van der Waals surface area (Å²) in [4.78, 5) is 12.0. The van der Waals surface area contributed by atoms with Crippen molar-refractivity contribution in [2.75, 3.05) is 13.7 Å². The number of carbonyl (C=O) groups excluding carboxylic acids is 1. The summed E-state index contributed by atoms with van der Waals surface area (Å²) in [7, 11) is 1.65. The lowest BCUT2D eigenvalue weighted by Crippen LogP contribution is -2.07. The first-order chi connectivity index (χ1) is 11.7. The maximum Gasteiger partial charge on any atom is 0.310 e. The van der Waals surface area contributed by atoms with Gasteiger partial charge in [-0.1, -0.05) is 36.4 Å². The van der Waals surface area contributed by atoms with Crippen molar-refractivity contribution in [1.82, 2.24) is 4.57 Å². The molecule has 0 aliphatic carbocycles. The maximum atomic E-state index is 12.0. The third-order valence-electron chi connectivity index (χ3n) is 4.00. The van der Waals surface area contributed by atoms with E-state index < -0.39 is 0 Å². The van der Waals surface area contributed by atoms with Gasteiger partial charge in [0.25, 0.3) is 0 Å². The van der Waals surface area contributed by atoms with Gasteiger partial charge in [-0.05, 0) is 30.2 Å². The average molecular weight is 323 g/mol. The molecule has 0 fully saturated rings. The lowest BCUT2D eigenvalue weighted by Gasteiger charge is -2.07. The predicted octanol–water partition coefficient (Wildman–Crippen LogP) is 3.80. The van der Waals surface area contributed by atoms with Crippen LogP contribution < -0.4 is 4.74 Å². The van der Waals surface area contributed by atoms with Gasteiger partial charge in [-0.2, -0.15) is 0 Å². The lowest BCUT2D eigenvalue weighted by molar-refractivity contribution is -0.142. The topological polar surface area (TPSA) is 40.5 Å². The SMILES string of the molecule is CCOC(=O)Cc1cn(Cc2ccccc2)c2cccc(OC)c12. The van der Waals surface area contributed by atoms with Crippen LogP contribution >= 0.6 is 0 Å². The molecule has 4 heteroatoms. The molecule has 0 saturated heterocycles. The van der Waals surface area contributed by atoms with Gasteiger partial charge < -0.3 is 14.0 Å². The number of esters is 1. The van der Waals surface area contributed by atoms with Crippen LogP contribution in [0.5, 0.6) is 5.75 Å². The number of rotatable bonds is 6. The van der Waals surface area contributed by atoms with E-state index in [0.717, 1.165) is 28.8 Å². The molecule has 0 N–H and O–H groups in total. The van der Waals surface area contributed by atoms with E-state index in [1.807, 2.05) is 43.5 Å². The number of ether oxygens (including phenoxy) is 2. The van der Waals surface area contributed by atoms with Crippen molar-refractivity contribution in [2.24, 2.45) is 0 Å². The summed E-state index contributed by atoms with van der Waals surface area (Å²) < 4.78 is 12.8. The van der Waals surface area contributed by atoms with Crippen molar-refractivity contribution in [3.05, 3.63) is 65.9 Å². The molecule has 4 nitrogen and oxygen atoms in total. The number of hydrogen-bond acceptors (Lipinski definition) is 3. The molecule has 24 heavy (non-hydrogen) atoms. The van der Waals surface area contributed by atoms with E-state index in [1.54, 1.807) is 7.11 Å². The number of methoxy groups -OCH3 is 1. The Morgan fingerprint density at radius 1 is 1.08 bits per heavy atom. The van der Waals surface area contributed by atoms with E-state index in [1.165, 1.54) is 5.56 Å². The maximum absolute atomic E-state index is 12.0. The van der Waals surface area contributed by atoms with Crippen LogP contribution in [0.1, 0.15) is 18.1 Å². The smallest absolute Gasteiger partial charge is 0.310 e. The zero-order valence-electron chi connectivity index (χ0n) is 14.0. The van der Waals surface area contributed by atoms with E-state index in [9.17, 15) is 4.79 Å². The molecule has 0 unspecified atom stereocenters.